The van der Waals surface area contributed by atoms with Crippen molar-refractivity contribution in [2.24, 2.45) is 11.8 Å². The van der Waals surface area contributed by atoms with Crippen LogP contribution < -0.4 is 10.6 Å². The summed E-state index contributed by atoms with van der Waals surface area (Å²) in [5.41, 5.74) is 0.973. The van der Waals surface area contributed by atoms with Crippen LogP contribution in [-0.2, 0) is 16.1 Å². The van der Waals surface area contributed by atoms with Crippen LogP contribution in [0.2, 0.25) is 5.02 Å². The summed E-state index contributed by atoms with van der Waals surface area (Å²) in [5, 5.41) is 6.11. The summed E-state index contributed by atoms with van der Waals surface area (Å²) in [4.78, 5) is 23.4. The molecule has 0 radical (unpaired) electrons. The summed E-state index contributed by atoms with van der Waals surface area (Å²) in [7, 11) is 0. The van der Waals surface area contributed by atoms with Crippen LogP contribution >= 0.6 is 11.6 Å². The molecule has 0 bridgehead atoms. The number of halogens is 1. The zero-order chi connectivity index (χ0) is 14.5. The van der Waals surface area contributed by atoms with Crippen LogP contribution in [0.5, 0.6) is 0 Å². The van der Waals surface area contributed by atoms with E-state index in [0.29, 0.717) is 17.5 Å². The second-order valence-electron chi connectivity index (χ2n) is 5.25. The van der Waals surface area contributed by atoms with Crippen molar-refractivity contribution in [2.45, 2.75) is 26.3 Å². The van der Waals surface area contributed by atoms with Gasteiger partial charge in [-0.3, -0.25) is 9.59 Å². The van der Waals surface area contributed by atoms with E-state index >= 15 is 0 Å². The Morgan fingerprint density at radius 1 is 1.25 bits per heavy atom. The third-order valence-electron chi connectivity index (χ3n) is 3.57. The first-order valence-electron chi connectivity index (χ1n) is 6.85. The summed E-state index contributed by atoms with van der Waals surface area (Å²) in [6, 6.07) is 7.27. The predicted molar refractivity (Wildman–Crippen MR) is 78.2 cm³/mol. The van der Waals surface area contributed by atoms with Gasteiger partial charge in [0.25, 0.3) is 0 Å². The maximum Gasteiger partial charge on any atom is 0.239 e. The molecule has 2 rings (SSSR count). The Labute approximate surface area is 123 Å². The molecule has 0 spiro atoms. The Hall–Kier alpha value is -1.55. The van der Waals surface area contributed by atoms with Gasteiger partial charge in [-0.25, -0.2) is 0 Å². The van der Waals surface area contributed by atoms with E-state index in [2.05, 4.69) is 10.6 Å². The monoisotopic (exact) mass is 294 g/mol. The molecular formula is C15H19ClN2O2. The fourth-order valence-corrected chi connectivity index (χ4v) is 2.13. The molecule has 1 aliphatic carbocycles. The summed E-state index contributed by atoms with van der Waals surface area (Å²) in [6.45, 7) is 2.38. The molecule has 0 heterocycles. The number of benzene rings is 1. The Morgan fingerprint density at radius 3 is 2.50 bits per heavy atom. The van der Waals surface area contributed by atoms with E-state index in [1.165, 1.54) is 0 Å². The summed E-state index contributed by atoms with van der Waals surface area (Å²) < 4.78 is 0. The Balaban J connectivity index is 1.67. The van der Waals surface area contributed by atoms with Gasteiger partial charge in [0.05, 0.1) is 6.54 Å². The van der Waals surface area contributed by atoms with E-state index in [4.69, 9.17) is 11.6 Å². The molecular weight excluding hydrogens is 276 g/mol. The fourth-order valence-electron chi connectivity index (χ4n) is 2.00. The second kappa shape index (κ2) is 6.75. The summed E-state index contributed by atoms with van der Waals surface area (Å²) >= 11 is 5.78. The molecule has 1 fully saturated rings. The Bertz CT molecular complexity index is 483. The maximum absolute atomic E-state index is 11.7. The minimum Gasteiger partial charge on any atom is -0.350 e. The van der Waals surface area contributed by atoms with Crippen molar-refractivity contribution in [2.75, 3.05) is 6.54 Å². The van der Waals surface area contributed by atoms with Crippen molar-refractivity contribution in [1.82, 2.24) is 10.6 Å². The van der Waals surface area contributed by atoms with E-state index in [0.717, 1.165) is 18.4 Å². The third kappa shape index (κ3) is 4.53. The maximum atomic E-state index is 11.7. The highest BCUT2D eigenvalue weighted by Gasteiger charge is 2.32. The molecule has 4 nitrogen and oxygen atoms in total. The highest BCUT2D eigenvalue weighted by atomic mass is 35.5. The van der Waals surface area contributed by atoms with E-state index < -0.39 is 0 Å². The SMILES string of the molecule is CC(C(=O)NCC(=O)NCc1ccc(Cl)cc1)C1CC1. The predicted octanol–water partition coefficient (Wildman–Crippen LogP) is 2.12. The van der Waals surface area contributed by atoms with Gasteiger partial charge in [-0.2, -0.15) is 0 Å². The number of carbonyl (C=O) groups is 2. The van der Waals surface area contributed by atoms with Crippen LogP contribution in [0.15, 0.2) is 24.3 Å². The molecule has 1 aromatic carbocycles. The molecule has 0 aliphatic heterocycles. The first-order valence-corrected chi connectivity index (χ1v) is 7.23. The highest BCUT2D eigenvalue weighted by Crippen LogP contribution is 2.36. The zero-order valence-electron chi connectivity index (χ0n) is 11.5. The second-order valence-corrected chi connectivity index (χ2v) is 5.68. The van der Waals surface area contributed by atoms with Crippen molar-refractivity contribution >= 4 is 23.4 Å². The average molecular weight is 295 g/mol. The van der Waals surface area contributed by atoms with Crippen molar-refractivity contribution in [3.8, 4) is 0 Å². The number of amides is 2. The quantitative estimate of drug-likeness (QED) is 0.844. The van der Waals surface area contributed by atoms with Crippen LogP contribution in [0.3, 0.4) is 0 Å². The largest absolute Gasteiger partial charge is 0.350 e. The first kappa shape index (κ1) is 14.9. The van der Waals surface area contributed by atoms with Gasteiger partial charge in [0.1, 0.15) is 0 Å². The van der Waals surface area contributed by atoms with Crippen molar-refractivity contribution in [1.29, 1.82) is 0 Å². The van der Waals surface area contributed by atoms with Crippen molar-refractivity contribution in [3.05, 3.63) is 34.9 Å². The number of hydrogen-bond acceptors (Lipinski definition) is 2. The minimum atomic E-state index is -0.184. The van der Waals surface area contributed by atoms with Gasteiger partial charge < -0.3 is 10.6 Å². The molecule has 1 aromatic rings. The molecule has 0 aromatic heterocycles. The number of rotatable bonds is 6. The smallest absolute Gasteiger partial charge is 0.239 e. The molecule has 1 aliphatic rings. The van der Waals surface area contributed by atoms with Crippen molar-refractivity contribution in [3.63, 3.8) is 0 Å². The van der Waals surface area contributed by atoms with E-state index in [1.54, 1.807) is 12.1 Å². The van der Waals surface area contributed by atoms with E-state index in [9.17, 15) is 9.59 Å². The van der Waals surface area contributed by atoms with Gasteiger partial charge in [0, 0.05) is 17.5 Å². The third-order valence-corrected chi connectivity index (χ3v) is 3.82. The summed E-state index contributed by atoms with van der Waals surface area (Å²) in [6.07, 6.45) is 2.24. The normalized spacial score (nSPS) is 15.5. The minimum absolute atomic E-state index is 0.0130. The number of carbonyl (C=O) groups excluding carboxylic acids is 2. The lowest BCUT2D eigenvalue weighted by Gasteiger charge is -2.11. The van der Waals surface area contributed by atoms with Crippen LogP contribution in [0.4, 0.5) is 0 Å². The lowest BCUT2D eigenvalue weighted by molar-refractivity contribution is -0.128. The van der Waals surface area contributed by atoms with Crippen LogP contribution in [-0.4, -0.2) is 18.4 Å². The average Bonchev–Trinajstić information content (AvgIpc) is 3.28. The molecule has 0 saturated heterocycles. The lowest BCUT2D eigenvalue weighted by atomic mass is 10.1. The molecule has 108 valence electrons. The van der Waals surface area contributed by atoms with E-state index in [-0.39, 0.29) is 24.3 Å². The lowest BCUT2D eigenvalue weighted by Crippen LogP contribution is -2.39. The molecule has 1 unspecified atom stereocenters. The summed E-state index contributed by atoms with van der Waals surface area (Å²) in [5.74, 6) is 0.302. The van der Waals surface area contributed by atoms with Gasteiger partial charge in [0.2, 0.25) is 11.8 Å². The van der Waals surface area contributed by atoms with E-state index in [1.807, 2.05) is 19.1 Å². The molecule has 2 amide bonds. The standard InChI is InChI=1S/C15H19ClN2O2/c1-10(12-4-5-12)15(20)18-9-14(19)17-8-11-2-6-13(16)7-3-11/h2-3,6-7,10,12H,4-5,8-9H2,1H3,(H,17,19)(H,18,20). The van der Waals surface area contributed by atoms with Gasteiger partial charge in [0.15, 0.2) is 0 Å². The molecule has 1 saturated carbocycles. The number of nitrogens with one attached hydrogen (secondary N) is 2. The van der Waals surface area contributed by atoms with Crippen molar-refractivity contribution < 1.29 is 9.59 Å². The van der Waals surface area contributed by atoms with Gasteiger partial charge in [-0.1, -0.05) is 30.7 Å². The zero-order valence-corrected chi connectivity index (χ0v) is 12.2. The highest BCUT2D eigenvalue weighted by molar-refractivity contribution is 6.30. The van der Waals surface area contributed by atoms with Crippen LogP contribution in [0, 0.1) is 11.8 Å². The molecule has 5 heteroatoms. The first-order chi connectivity index (χ1) is 9.56. The Kier molecular flexibility index (Phi) is 5.01. The molecule has 1 atom stereocenters. The molecule has 20 heavy (non-hydrogen) atoms. The van der Waals surface area contributed by atoms with Crippen LogP contribution in [0.1, 0.15) is 25.3 Å². The van der Waals surface area contributed by atoms with Gasteiger partial charge >= 0.3 is 0 Å². The topological polar surface area (TPSA) is 58.2 Å². The number of hydrogen-bond donors (Lipinski definition) is 2. The fraction of sp³-hybridized carbons (Fsp3) is 0.467. The molecule has 2 N–H and O–H groups in total. The van der Waals surface area contributed by atoms with Gasteiger partial charge in [-0.15, -0.1) is 0 Å². The Morgan fingerprint density at radius 2 is 1.90 bits per heavy atom. The van der Waals surface area contributed by atoms with Crippen LogP contribution in [0.25, 0.3) is 0 Å². The van der Waals surface area contributed by atoms with Gasteiger partial charge in [-0.05, 0) is 36.5 Å².